The number of fused-ring (bicyclic) bond motifs is 1. The second-order valence-electron chi connectivity index (χ2n) is 8.48. The Balaban J connectivity index is 1.31. The number of anilines is 1. The maximum atomic E-state index is 13.4. The zero-order valence-electron chi connectivity index (χ0n) is 18.3. The number of aromatic nitrogens is 2. The number of carbonyl (C=O) groups excluding carboxylic acids is 1. The van der Waals surface area contributed by atoms with Crippen LogP contribution in [0.5, 0.6) is 11.5 Å². The highest BCUT2D eigenvalue weighted by molar-refractivity contribution is 7.89. The molecule has 2 heterocycles. The summed E-state index contributed by atoms with van der Waals surface area (Å²) in [6.45, 7) is 0.0347. The number of benzene rings is 2. The number of ether oxygens (including phenoxy) is 2. The van der Waals surface area contributed by atoms with Crippen molar-refractivity contribution in [3.8, 4) is 17.2 Å². The molecule has 12 heteroatoms. The van der Waals surface area contributed by atoms with E-state index in [0.29, 0.717) is 28.7 Å². The van der Waals surface area contributed by atoms with E-state index in [4.69, 9.17) is 25.3 Å². The molecule has 184 valence electrons. The number of alkyl halides is 2. The van der Waals surface area contributed by atoms with Crippen molar-refractivity contribution < 1.29 is 31.1 Å². The van der Waals surface area contributed by atoms with E-state index in [0.717, 1.165) is 11.3 Å². The highest BCUT2D eigenvalue weighted by atomic mass is 35.5. The highest BCUT2D eigenvalue weighted by Gasteiger charge is 2.59. The summed E-state index contributed by atoms with van der Waals surface area (Å²) in [4.78, 5) is 14.6. The quantitative estimate of drug-likeness (QED) is 0.347. The average molecular weight is 526 g/mol. The van der Waals surface area contributed by atoms with Crippen molar-refractivity contribution in [3.63, 3.8) is 0 Å². The molecule has 1 aliphatic carbocycles. The maximum Gasteiger partial charge on any atom is 0.279 e. The van der Waals surface area contributed by atoms with Gasteiger partial charge in [0.25, 0.3) is 11.8 Å². The van der Waals surface area contributed by atoms with Gasteiger partial charge in [0.15, 0.2) is 17.2 Å². The van der Waals surface area contributed by atoms with Crippen LogP contribution in [0.2, 0.25) is 5.02 Å². The van der Waals surface area contributed by atoms with Crippen LogP contribution >= 0.6 is 24.0 Å². The minimum Gasteiger partial charge on any atom is -0.493 e. The number of halogens is 4. The van der Waals surface area contributed by atoms with Gasteiger partial charge in [-0.25, -0.2) is 13.5 Å². The fraction of sp³-hybridized carbons (Fsp3) is 0.304. The molecule has 0 N–H and O–H groups in total. The van der Waals surface area contributed by atoms with Gasteiger partial charge in [-0.05, 0) is 36.4 Å². The Labute approximate surface area is 208 Å². The van der Waals surface area contributed by atoms with E-state index in [1.165, 1.54) is 7.11 Å². The van der Waals surface area contributed by atoms with Gasteiger partial charge in [-0.15, -0.1) is 3.89 Å². The van der Waals surface area contributed by atoms with Crippen LogP contribution in [0, 0.1) is 0 Å². The molecule has 0 spiro atoms. The standard InChI is InChI=1S/C23H19ClF3N3O4S/c1-32-19-8-17(6-7-18(19)33-13-22(34-35-27)11-23(25,26)12-22)29-9-14-10-30(28-20(14)21(29)31)16-4-2-15(24)3-5-16/h2-8,10H,9,11-13H2,1H3. The van der Waals surface area contributed by atoms with Crippen molar-refractivity contribution in [3.05, 3.63) is 64.9 Å². The Morgan fingerprint density at radius 3 is 2.46 bits per heavy atom. The number of hydrogen-bond acceptors (Lipinski definition) is 6. The normalized spacial score (nSPS) is 17.7. The summed E-state index contributed by atoms with van der Waals surface area (Å²) in [5.74, 6) is -2.63. The Kier molecular flexibility index (Phi) is 6.10. The molecule has 3 aromatic rings. The Morgan fingerprint density at radius 2 is 1.83 bits per heavy atom. The van der Waals surface area contributed by atoms with E-state index >= 15 is 0 Å². The third kappa shape index (κ3) is 4.55. The van der Waals surface area contributed by atoms with Gasteiger partial charge in [-0.2, -0.15) is 5.10 Å². The summed E-state index contributed by atoms with van der Waals surface area (Å²) in [6, 6.07) is 11.9. The second-order valence-corrected chi connectivity index (χ2v) is 9.21. The number of nitrogens with zero attached hydrogens (tertiary/aromatic N) is 3. The number of carbonyl (C=O) groups is 1. The van der Waals surface area contributed by atoms with E-state index in [1.54, 1.807) is 46.1 Å². The smallest absolute Gasteiger partial charge is 0.279 e. The molecule has 7 nitrogen and oxygen atoms in total. The minimum absolute atomic E-state index is 0.260. The molecule has 1 aliphatic heterocycles. The van der Waals surface area contributed by atoms with Crippen LogP contribution in [0.25, 0.3) is 5.69 Å². The van der Waals surface area contributed by atoms with Gasteiger partial charge in [-0.1, -0.05) is 11.6 Å². The second kappa shape index (κ2) is 8.96. The molecule has 0 unspecified atom stereocenters. The van der Waals surface area contributed by atoms with Crippen LogP contribution < -0.4 is 14.4 Å². The average Bonchev–Trinajstić information content (AvgIpc) is 3.36. The summed E-state index contributed by atoms with van der Waals surface area (Å²) >= 11 is 5.48. The Morgan fingerprint density at radius 1 is 1.11 bits per heavy atom. The topological polar surface area (TPSA) is 65.8 Å². The number of amides is 1. The molecular formula is C23H19ClF3N3O4S. The van der Waals surface area contributed by atoms with Crippen LogP contribution in [0.4, 0.5) is 18.4 Å². The van der Waals surface area contributed by atoms with E-state index in [1.807, 2.05) is 12.1 Å². The van der Waals surface area contributed by atoms with Crippen LogP contribution in [-0.4, -0.2) is 40.9 Å². The number of methoxy groups -OCH3 is 1. The van der Waals surface area contributed by atoms with Gasteiger partial charge >= 0.3 is 0 Å². The third-order valence-corrected chi connectivity index (χ3v) is 6.65. The summed E-state index contributed by atoms with van der Waals surface area (Å²) < 4.78 is 56.9. The molecular weight excluding hydrogens is 507 g/mol. The Hall–Kier alpha value is -2.89. The predicted octanol–water partition coefficient (Wildman–Crippen LogP) is 5.79. The van der Waals surface area contributed by atoms with Crippen molar-refractivity contribution in [1.29, 1.82) is 0 Å². The lowest BCUT2D eigenvalue weighted by Crippen LogP contribution is -2.56. The molecule has 0 saturated heterocycles. The molecule has 0 radical (unpaired) electrons. The highest BCUT2D eigenvalue weighted by Crippen LogP contribution is 2.50. The molecule has 1 aromatic heterocycles. The Bertz CT molecular complexity index is 1260. The van der Waals surface area contributed by atoms with Crippen molar-refractivity contribution >= 4 is 35.6 Å². The summed E-state index contributed by atoms with van der Waals surface area (Å²) in [6.07, 6.45) is 0.523. The first kappa shape index (κ1) is 23.8. The number of rotatable bonds is 8. The van der Waals surface area contributed by atoms with Crippen molar-refractivity contribution in [2.45, 2.75) is 30.9 Å². The minimum atomic E-state index is -2.91. The fourth-order valence-corrected chi connectivity index (χ4v) is 4.73. The predicted molar refractivity (Wildman–Crippen MR) is 124 cm³/mol. The molecule has 2 aromatic carbocycles. The molecule has 1 saturated carbocycles. The van der Waals surface area contributed by atoms with Crippen LogP contribution in [0.3, 0.4) is 0 Å². The zero-order valence-corrected chi connectivity index (χ0v) is 19.9. The molecule has 1 amide bonds. The monoisotopic (exact) mass is 525 g/mol. The fourth-order valence-electron chi connectivity index (χ4n) is 4.31. The molecule has 0 bridgehead atoms. The van der Waals surface area contributed by atoms with E-state index in [-0.39, 0.29) is 18.3 Å². The van der Waals surface area contributed by atoms with Crippen LogP contribution in [0.15, 0.2) is 48.7 Å². The van der Waals surface area contributed by atoms with E-state index in [2.05, 4.69) is 5.10 Å². The van der Waals surface area contributed by atoms with Gasteiger partial charge < -0.3 is 14.4 Å². The first-order valence-corrected chi connectivity index (χ1v) is 11.6. The first-order chi connectivity index (χ1) is 16.7. The lowest BCUT2D eigenvalue weighted by molar-refractivity contribution is -0.198. The molecule has 1 fully saturated rings. The van der Waals surface area contributed by atoms with Gasteiger partial charge in [0.2, 0.25) is 12.4 Å². The van der Waals surface area contributed by atoms with Gasteiger partial charge in [-0.3, -0.25) is 8.98 Å². The van der Waals surface area contributed by atoms with Gasteiger partial charge in [0.1, 0.15) is 12.2 Å². The van der Waals surface area contributed by atoms with Crippen molar-refractivity contribution in [2.24, 2.45) is 0 Å². The van der Waals surface area contributed by atoms with Crippen molar-refractivity contribution in [1.82, 2.24) is 9.78 Å². The maximum absolute atomic E-state index is 13.4. The lowest BCUT2D eigenvalue weighted by atomic mass is 9.77. The molecule has 0 atom stereocenters. The lowest BCUT2D eigenvalue weighted by Gasteiger charge is -2.44. The van der Waals surface area contributed by atoms with Crippen LogP contribution in [-0.2, 0) is 10.7 Å². The first-order valence-electron chi connectivity index (χ1n) is 10.5. The molecule has 2 aliphatic rings. The largest absolute Gasteiger partial charge is 0.493 e. The SMILES string of the molecule is COc1cc(N2Cc3cn(-c4ccc(Cl)cc4)nc3C2=O)ccc1OCC1(OSF)CC(F)(F)C1. The van der Waals surface area contributed by atoms with Gasteiger partial charge in [0.05, 0.1) is 19.3 Å². The van der Waals surface area contributed by atoms with E-state index in [9.17, 15) is 17.5 Å². The summed E-state index contributed by atoms with van der Waals surface area (Å²) in [7, 11) is 1.42. The summed E-state index contributed by atoms with van der Waals surface area (Å²) in [5, 5.41) is 5.03. The van der Waals surface area contributed by atoms with Gasteiger partial charge in [0, 0.05) is 41.4 Å². The number of hydrogen-bond donors (Lipinski definition) is 0. The third-order valence-electron chi connectivity index (χ3n) is 5.98. The molecule has 5 rings (SSSR count). The molecule has 35 heavy (non-hydrogen) atoms. The summed E-state index contributed by atoms with van der Waals surface area (Å²) in [5.41, 5.74) is 1.01. The van der Waals surface area contributed by atoms with E-state index < -0.39 is 36.8 Å². The van der Waals surface area contributed by atoms with Crippen LogP contribution in [0.1, 0.15) is 28.9 Å². The zero-order chi connectivity index (χ0) is 24.8. The van der Waals surface area contributed by atoms with Crippen molar-refractivity contribution in [2.75, 3.05) is 18.6 Å².